The highest BCUT2D eigenvalue weighted by molar-refractivity contribution is 5.94. The van der Waals surface area contributed by atoms with Gasteiger partial charge in [-0.15, -0.1) is 0 Å². The number of aromatic nitrogens is 2. The van der Waals surface area contributed by atoms with Crippen LogP contribution in [0.3, 0.4) is 0 Å². The Morgan fingerprint density at radius 1 is 1.14 bits per heavy atom. The quantitative estimate of drug-likeness (QED) is 0.750. The summed E-state index contributed by atoms with van der Waals surface area (Å²) in [6, 6.07) is 7.22. The Bertz CT molecular complexity index is 1020. The van der Waals surface area contributed by atoms with Crippen molar-refractivity contribution in [3.05, 3.63) is 63.8 Å². The summed E-state index contributed by atoms with van der Waals surface area (Å²) >= 11 is 0. The lowest BCUT2D eigenvalue weighted by atomic mass is 9.99. The number of carbonyl (C=O) groups is 2. The zero-order chi connectivity index (χ0) is 20.5. The number of nitrogens with zero attached hydrogens (tertiary/aromatic N) is 2. The highest BCUT2D eigenvalue weighted by Gasteiger charge is 2.42. The van der Waals surface area contributed by atoms with E-state index in [1.54, 1.807) is 6.07 Å². The Morgan fingerprint density at radius 2 is 1.82 bits per heavy atom. The van der Waals surface area contributed by atoms with Gasteiger partial charge in [-0.25, -0.2) is 9.48 Å². The molecule has 0 atom stereocenters. The molecule has 0 saturated heterocycles. The van der Waals surface area contributed by atoms with Crippen molar-refractivity contribution in [3.8, 4) is 11.1 Å². The van der Waals surface area contributed by atoms with Gasteiger partial charge >= 0.3 is 12.1 Å². The van der Waals surface area contributed by atoms with E-state index in [0.29, 0.717) is 11.1 Å². The average molecular weight is 392 g/mol. The van der Waals surface area contributed by atoms with Gasteiger partial charge in [0.25, 0.3) is 5.56 Å². The molecule has 0 bridgehead atoms. The van der Waals surface area contributed by atoms with Crippen molar-refractivity contribution in [2.24, 2.45) is 7.05 Å². The lowest BCUT2D eigenvalue weighted by molar-refractivity contribution is -0.138. The maximum absolute atomic E-state index is 13.8. The second-order valence-electron chi connectivity index (χ2n) is 6.21. The van der Waals surface area contributed by atoms with E-state index in [2.05, 4.69) is 5.10 Å². The molecule has 0 unspecified atom stereocenters. The molecule has 3 rings (SSSR count). The Kier molecular flexibility index (Phi) is 5.17. The van der Waals surface area contributed by atoms with Gasteiger partial charge in [-0.3, -0.25) is 9.59 Å². The van der Waals surface area contributed by atoms with Crippen molar-refractivity contribution in [1.29, 1.82) is 0 Å². The molecule has 0 saturated carbocycles. The molecule has 146 valence electrons. The summed E-state index contributed by atoms with van der Waals surface area (Å²) in [4.78, 5) is 36.4. The number of halogens is 3. The van der Waals surface area contributed by atoms with Crippen LogP contribution in [-0.2, 0) is 22.8 Å². The van der Waals surface area contributed by atoms with Crippen LogP contribution in [0, 0.1) is 0 Å². The van der Waals surface area contributed by atoms with E-state index >= 15 is 0 Å². The van der Waals surface area contributed by atoms with Crippen molar-refractivity contribution < 1.29 is 27.5 Å². The third-order valence-corrected chi connectivity index (χ3v) is 4.18. The number of carbonyl (C=O) groups excluding carboxylic acids is 2. The van der Waals surface area contributed by atoms with Gasteiger partial charge in [-0.05, 0) is 12.0 Å². The van der Waals surface area contributed by atoms with Crippen LogP contribution in [-0.4, -0.2) is 21.5 Å². The highest BCUT2D eigenvalue weighted by atomic mass is 19.4. The number of hydrogen-bond donors (Lipinski definition) is 0. The molecule has 1 aromatic heterocycles. The molecule has 0 amide bonds. The molecule has 0 fully saturated rings. The lowest BCUT2D eigenvalue weighted by Crippen LogP contribution is -2.31. The monoisotopic (exact) mass is 392 g/mol. The minimum absolute atomic E-state index is 0.000986. The van der Waals surface area contributed by atoms with Crippen molar-refractivity contribution >= 4 is 11.8 Å². The maximum Gasteiger partial charge on any atom is 0.419 e. The summed E-state index contributed by atoms with van der Waals surface area (Å²) in [5.41, 5.74) is -4.19. The number of hydrogen-bond acceptors (Lipinski definition) is 5. The van der Waals surface area contributed by atoms with Gasteiger partial charge in [-0.2, -0.15) is 18.3 Å². The minimum atomic E-state index is -5.03. The van der Waals surface area contributed by atoms with Crippen LogP contribution in [0.2, 0.25) is 0 Å². The topological polar surface area (TPSA) is 78.3 Å². The van der Waals surface area contributed by atoms with E-state index in [1.165, 1.54) is 24.3 Å². The fourth-order valence-electron chi connectivity index (χ4n) is 2.93. The zero-order valence-corrected chi connectivity index (χ0v) is 14.7. The van der Waals surface area contributed by atoms with Gasteiger partial charge in [0.1, 0.15) is 11.3 Å². The zero-order valence-electron chi connectivity index (χ0n) is 14.7. The van der Waals surface area contributed by atoms with E-state index in [4.69, 9.17) is 4.74 Å². The van der Waals surface area contributed by atoms with Crippen LogP contribution < -0.4 is 5.56 Å². The maximum atomic E-state index is 13.8. The van der Waals surface area contributed by atoms with Gasteiger partial charge in [0, 0.05) is 26.0 Å². The third kappa shape index (κ3) is 3.88. The van der Waals surface area contributed by atoms with Crippen LogP contribution in [0.15, 0.2) is 47.0 Å². The number of allylic oxidation sites excluding steroid dienone is 2. The first-order valence-electron chi connectivity index (χ1n) is 8.38. The number of alkyl halides is 3. The minimum Gasteiger partial charge on any atom is -0.426 e. The molecule has 0 radical (unpaired) electrons. The molecular formula is C19H15F3N2O4. The standard InChI is InChI=1S/C19H15F3N2O4/c1-24-17(26)14(11-6-3-2-4-7-11)15(19(20,21)22)16(23-24)18(27)28-13-9-5-8-12(25)10-13/h2-4,6-7,10H,5,8-9H2,1H3. The molecule has 6 nitrogen and oxygen atoms in total. The summed E-state index contributed by atoms with van der Waals surface area (Å²) in [6.45, 7) is 0. The van der Waals surface area contributed by atoms with Crippen LogP contribution >= 0.6 is 0 Å². The number of ether oxygens (including phenoxy) is 1. The first-order valence-corrected chi connectivity index (χ1v) is 8.38. The molecule has 1 aliphatic rings. The summed E-state index contributed by atoms with van der Waals surface area (Å²) in [5.74, 6) is -1.67. The van der Waals surface area contributed by atoms with E-state index in [0.717, 1.165) is 13.1 Å². The van der Waals surface area contributed by atoms with Crippen molar-refractivity contribution in [1.82, 2.24) is 9.78 Å². The first-order chi connectivity index (χ1) is 13.2. The lowest BCUT2D eigenvalue weighted by Gasteiger charge is -2.18. The molecule has 1 aromatic carbocycles. The molecule has 2 aromatic rings. The van der Waals surface area contributed by atoms with Crippen LogP contribution in [0.25, 0.3) is 11.1 Å². The SMILES string of the molecule is Cn1nc(C(=O)OC2=CC(=O)CCC2)c(C(F)(F)F)c(-c2ccccc2)c1=O. The number of benzene rings is 1. The third-order valence-electron chi connectivity index (χ3n) is 4.18. The molecule has 0 N–H and O–H groups in total. The van der Waals surface area contributed by atoms with Gasteiger partial charge in [0.05, 0.1) is 5.56 Å². The molecular weight excluding hydrogens is 377 g/mol. The number of rotatable bonds is 3. The van der Waals surface area contributed by atoms with Crippen LogP contribution in [0.5, 0.6) is 0 Å². The predicted octanol–water partition coefficient (Wildman–Crippen LogP) is 3.26. The van der Waals surface area contributed by atoms with E-state index < -0.39 is 34.5 Å². The molecule has 1 aliphatic carbocycles. The van der Waals surface area contributed by atoms with Crippen molar-refractivity contribution in [3.63, 3.8) is 0 Å². The summed E-state index contributed by atoms with van der Waals surface area (Å²) in [5, 5.41) is 3.51. The van der Waals surface area contributed by atoms with Crippen molar-refractivity contribution in [2.75, 3.05) is 0 Å². The highest BCUT2D eigenvalue weighted by Crippen LogP contribution is 2.37. The summed E-state index contributed by atoms with van der Waals surface area (Å²) in [7, 11) is 1.15. The fourth-order valence-corrected chi connectivity index (χ4v) is 2.93. The van der Waals surface area contributed by atoms with Crippen LogP contribution in [0.1, 0.15) is 35.3 Å². The first kappa shape index (κ1) is 19.5. The summed E-state index contributed by atoms with van der Waals surface area (Å²) < 4.78 is 47.2. The second-order valence-corrected chi connectivity index (χ2v) is 6.21. The van der Waals surface area contributed by atoms with Crippen molar-refractivity contribution in [2.45, 2.75) is 25.4 Å². The number of esters is 1. The largest absolute Gasteiger partial charge is 0.426 e. The Balaban J connectivity index is 2.18. The molecule has 0 aliphatic heterocycles. The smallest absolute Gasteiger partial charge is 0.419 e. The number of ketones is 1. The Hall–Kier alpha value is -3.23. The van der Waals surface area contributed by atoms with E-state index in [9.17, 15) is 27.6 Å². The average Bonchev–Trinajstić information content (AvgIpc) is 2.63. The van der Waals surface area contributed by atoms with Gasteiger partial charge in [-0.1, -0.05) is 30.3 Å². The molecule has 28 heavy (non-hydrogen) atoms. The Labute approximate surface area is 157 Å². The Morgan fingerprint density at radius 3 is 2.43 bits per heavy atom. The van der Waals surface area contributed by atoms with E-state index in [-0.39, 0.29) is 29.9 Å². The summed E-state index contributed by atoms with van der Waals surface area (Å²) in [6.07, 6.45) is -2.98. The normalized spacial score (nSPS) is 14.6. The van der Waals surface area contributed by atoms with Gasteiger partial charge < -0.3 is 4.74 Å². The number of aryl methyl sites for hydroxylation is 1. The van der Waals surface area contributed by atoms with Crippen LogP contribution in [0.4, 0.5) is 13.2 Å². The molecule has 9 heteroatoms. The second kappa shape index (κ2) is 7.41. The van der Waals surface area contributed by atoms with E-state index in [1.807, 2.05) is 0 Å². The molecule has 0 spiro atoms. The molecule has 1 heterocycles. The predicted molar refractivity (Wildman–Crippen MR) is 92.3 cm³/mol. The fraction of sp³-hybridized carbons (Fsp3) is 0.263. The van der Waals surface area contributed by atoms with Gasteiger partial charge in [0.2, 0.25) is 0 Å². The van der Waals surface area contributed by atoms with Gasteiger partial charge in [0.15, 0.2) is 11.5 Å².